The number of rotatable bonds is 7. The number of ether oxygens (including phenoxy) is 2. The molecule has 0 aliphatic heterocycles. The molecule has 0 saturated carbocycles. The fraction of sp³-hybridized carbons (Fsp3) is 0.200. The number of aryl methyl sites for hydroxylation is 1. The zero-order chi connectivity index (χ0) is 19.2. The molecular weight excluding hydrogens is 459 g/mol. The van der Waals surface area contributed by atoms with Crippen molar-refractivity contribution in [2.24, 2.45) is 0 Å². The molecule has 27 heavy (non-hydrogen) atoms. The fourth-order valence-electron chi connectivity index (χ4n) is 2.53. The maximum atomic E-state index is 12.1. The lowest BCUT2D eigenvalue weighted by Gasteiger charge is -2.08. The van der Waals surface area contributed by atoms with Crippen LogP contribution in [0.3, 0.4) is 0 Å². The van der Waals surface area contributed by atoms with Crippen LogP contribution in [0.15, 0.2) is 53.1 Å². The minimum Gasteiger partial charge on any atom is -0.497 e. The van der Waals surface area contributed by atoms with Crippen LogP contribution in [0.1, 0.15) is 12.3 Å². The highest BCUT2D eigenvalue weighted by Crippen LogP contribution is 2.33. The second-order valence-electron chi connectivity index (χ2n) is 5.74. The van der Waals surface area contributed by atoms with Crippen molar-refractivity contribution in [1.29, 1.82) is 0 Å². The summed E-state index contributed by atoms with van der Waals surface area (Å²) in [6, 6.07) is 13.1. The van der Waals surface area contributed by atoms with Gasteiger partial charge in [0.05, 0.1) is 26.0 Å². The van der Waals surface area contributed by atoms with Gasteiger partial charge in [0.1, 0.15) is 11.5 Å². The molecule has 1 heterocycles. The number of hydrogen-bond acceptors (Lipinski definition) is 5. The first-order chi connectivity index (χ1) is 13.1. The summed E-state index contributed by atoms with van der Waals surface area (Å²) >= 11 is 2.22. The molecule has 0 atom stereocenters. The van der Waals surface area contributed by atoms with Crippen molar-refractivity contribution >= 4 is 34.2 Å². The van der Waals surface area contributed by atoms with E-state index in [1.165, 1.54) is 0 Å². The maximum absolute atomic E-state index is 12.1. The van der Waals surface area contributed by atoms with E-state index in [-0.39, 0.29) is 12.3 Å². The van der Waals surface area contributed by atoms with Crippen LogP contribution < -0.4 is 14.8 Å². The Morgan fingerprint density at radius 2 is 1.93 bits per heavy atom. The number of anilines is 1. The number of aromatic nitrogens is 1. The van der Waals surface area contributed by atoms with Gasteiger partial charge < -0.3 is 19.2 Å². The van der Waals surface area contributed by atoms with Gasteiger partial charge in [0.25, 0.3) is 0 Å². The number of nitrogens with one attached hydrogen (secondary N) is 1. The van der Waals surface area contributed by atoms with E-state index in [1.807, 2.05) is 36.4 Å². The first kappa shape index (κ1) is 19.2. The number of methoxy groups -OCH3 is 2. The summed E-state index contributed by atoms with van der Waals surface area (Å²) in [7, 11) is 3.19. The molecule has 7 heteroatoms. The van der Waals surface area contributed by atoms with Crippen LogP contribution in [0.25, 0.3) is 11.3 Å². The smallest absolute Gasteiger partial charge is 0.224 e. The van der Waals surface area contributed by atoms with Crippen molar-refractivity contribution in [2.45, 2.75) is 12.8 Å². The van der Waals surface area contributed by atoms with Gasteiger partial charge in [-0.3, -0.25) is 4.79 Å². The fourth-order valence-corrected chi connectivity index (χ4v) is 2.89. The zero-order valence-electron chi connectivity index (χ0n) is 15.0. The first-order valence-electron chi connectivity index (χ1n) is 8.31. The van der Waals surface area contributed by atoms with Crippen LogP contribution in [0.5, 0.6) is 11.5 Å². The number of oxazole rings is 1. The Hall–Kier alpha value is -2.55. The summed E-state index contributed by atoms with van der Waals surface area (Å²) < 4.78 is 17.5. The van der Waals surface area contributed by atoms with Gasteiger partial charge in [-0.2, -0.15) is 0 Å². The summed E-state index contributed by atoms with van der Waals surface area (Å²) in [6.07, 6.45) is 2.33. The lowest BCUT2D eigenvalue weighted by Crippen LogP contribution is -2.12. The SMILES string of the molecule is COc1ccc(-c2cnc(CCC(=O)Nc3ccc(I)cc3)o2)c(OC)c1. The Morgan fingerprint density at radius 3 is 2.63 bits per heavy atom. The molecule has 3 aromatic rings. The highest BCUT2D eigenvalue weighted by atomic mass is 127. The molecule has 0 aliphatic carbocycles. The van der Waals surface area contributed by atoms with Gasteiger partial charge in [0, 0.05) is 28.2 Å². The maximum Gasteiger partial charge on any atom is 0.224 e. The van der Waals surface area contributed by atoms with Crippen molar-refractivity contribution in [2.75, 3.05) is 19.5 Å². The highest BCUT2D eigenvalue weighted by molar-refractivity contribution is 14.1. The minimum absolute atomic E-state index is 0.0852. The number of amides is 1. The summed E-state index contributed by atoms with van der Waals surface area (Å²) in [5.74, 6) is 2.33. The molecule has 0 spiro atoms. The third kappa shape index (κ3) is 5.00. The van der Waals surface area contributed by atoms with Crippen molar-refractivity contribution in [3.05, 3.63) is 58.1 Å². The van der Waals surface area contributed by atoms with Crippen LogP contribution >= 0.6 is 22.6 Å². The molecule has 3 rings (SSSR count). The van der Waals surface area contributed by atoms with Crippen LogP contribution in [-0.2, 0) is 11.2 Å². The number of carbonyl (C=O) groups excluding carboxylic acids is 1. The van der Waals surface area contributed by atoms with E-state index in [9.17, 15) is 4.79 Å². The average Bonchev–Trinajstić information content (AvgIpc) is 3.16. The third-order valence-corrected chi connectivity index (χ3v) is 4.64. The topological polar surface area (TPSA) is 73.6 Å². The van der Waals surface area contributed by atoms with Gasteiger partial charge >= 0.3 is 0 Å². The second kappa shape index (κ2) is 8.90. The summed E-state index contributed by atoms with van der Waals surface area (Å²) in [5.41, 5.74) is 1.55. The molecule has 1 aromatic heterocycles. The lowest BCUT2D eigenvalue weighted by molar-refractivity contribution is -0.116. The average molecular weight is 478 g/mol. The highest BCUT2D eigenvalue weighted by Gasteiger charge is 2.13. The van der Waals surface area contributed by atoms with Crippen LogP contribution in [-0.4, -0.2) is 25.1 Å². The summed E-state index contributed by atoms with van der Waals surface area (Å²) in [6.45, 7) is 0. The van der Waals surface area contributed by atoms with Crippen LogP contribution in [0.4, 0.5) is 5.69 Å². The predicted molar refractivity (Wildman–Crippen MR) is 111 cm³/mol. The monoisotopic (exact) mass is 478 g/mol. The molecule has 0 bridgehead atoms. The largest absolute Gasteiger partial charge is 0.497 e. The van der Waals surface area contributed by atoms with E-state index < -0.39 is 0 Å². The number of carbonyl (C=O) groups is 1. The van der Waals surface area contributed by atoms with Gasteiger partial charge in [-0.15, -0.1) is 0 Å². The molecule has 1 amide bonds. The molecule has 140 valence electrons. The van der Waals surface area contributed by atoms with Crippen molar-refractivity contribution in [1.82, 2.24) is 4.98 Å². The van der Waals surface area contributed by atoms with E-state index in [2.05, 4.69) is 32.9 Å². The molecule has 2 aromatic carbocycles. The molecule has 0 unspecified atom stereocenters. The lowest BCUT2D eigenvalue weighted by atomic mass is 10.1. The van der Waals surface area contributed by atoms with E-state index >= 15 is 0 Å². The predicted octanol–water partition coefficient (Wildman–Crippen LogP) is 4.53. The van der Waals surface area contributed by atoms with Crippen molar-refractivity contribution in [3.63, 3.8) is 0 Å². The Kier molecular flexibility index (Phi) is 6.33. The van der Waals surface area contributed by atoms with E-state index in [1.54, 1.807) is 26.5 Å². The molecular formula is C20H19IN2O4. The van der Waals surface area contributed by atoms with Gasteiger partial charge in [0.2, 0.25) is 5.91 Å². The number of halogens is 1. The minimum atomic E-state index is -0.0852. The molecule has 0 radical (unpaired) electrons. The molecule has 0 fully saturated rings. The number of hydrogen-bond donors (Lipinski definition) is 1. The molecule has 0 aliphatic rings. The quantitative estimate of drug-likeness (QED) is 0.505. The number of benzene rings is 2. The summed E-state index contributed by atoms with van der Waals surface area (Å²) in [5, 5.41) is 2.86. The Balaban J connectivity index is 1.62. The van der Waals surface area contributed by atoms with Gasteiger partial charge in [-0.1, -0.05) is 0 Å². The standard InChI is InChI=1S/C20H19IN2O4/c1-25-15-7-8-16(17(11-15)26-2)18-12-22-20(27-18)10-9-19(24)23-14-5-3-13(21)4-6-14/h3-8,11-12H,9-10H2,1-2H3,(H,23,24). The Bertz CT molecular complexity index is 922. The molecule has 6 nitrogen and oxygen atoms in total. The Morgan fingerprint density at radius 1 is 1.15 bits per heavy atom. The first-order valence-corrected chi connectivity index (χ1v) is 9.39. The van der Waals surface area contributed by atoms with Gasteiger partial charge in [-0.25, -0.2) is 4.98 Å². The van der Waals surface area contributed by atoms with Crippen molar-refractivity contribution in [3.8, 4) is 22.8 Å². The van der Waals surface area contributed by atoms with E-state index in [4.69, 9.17) is 13.9 Å². The van der Waals surface area contributed by atoms with Crippen molar-refractivity contribution < 1.29 is 18.7 Å². The molecule has 1 N–H and O–H groups in total. The van der Waals surface area contributed by atoms with E-state index in [0.717, 1.165) is 14.8 Å². The zero-order valence-corrected chi connectivity index (χ0v) is 17.1. The van der Waals surface area contributed by atoms with Crippen LogP contribution in [0, 0.1) is 3.57 Å². The van der Waals surface area contributed by atoms with Gasteiger partial charge in [0.15, 0.2) is 11.7 Å². The van der Waals surface area contributed by atoms with Crippen LogP contribution in [0.2, 0.25) is 0 Å². The Labute approximate surface area is 171 Å². The number of nitrogens with zero attached hydrogens (tertiary/aromatic N) is 1. The molecule has 0 saturated heterocycles. The van der Waals surface area contributed by atoms with E-state index in [0.29, 0.717) is 29.6 Å². The summed E-state index contributed by atoms with van der Waals surface area (Å²) in [4.78, 5) is 16.4. The third-order valence-electron chi connectivity index (χ3n) is 3.92. The normalized spacial score (nSPS) is 10.5. The van der Waals surface area contributed by atoms with Gasteiger partial charge in [-0.05, 0) is 59.0 Å². The second-order valence-corrected chi connectivity index (χ2v) is 6.99.